The molecule has 3 N–H and O–H groups in total. The molecule has 0 saturated carbocycles. The van der Waals surface area contributed by atoms with Crippen molar-refractivity contribution >= 4 is 38.2 Å². The number of non-ortho nitro benzene ring substituents is 1. The number of rotatable bonds is 4. The summed E-state index contributed by atoms with van der Waals surface area (Å²) in [6.07, 6.45) is 0. The van der Waals surface area contributed by atoms with Crippen LogP contribution in [0.1, 0.15) is 10.4 Å². The number of nitro groups is 1. The Balaban J connectivity index is 2.10. The fourth-order valence-corrected chi connectivity index (χ4v) is 3.32. The monoisotopic (exact) mass is 388 g/mol. The summed E-state index contributed by atoms with van der Waals surface area (Å²) < 4.78 is 32.8. The van der Waals surface area contributed by atoms with E-state index in [1.54, 1.807) is 6.07 Å². The third kappa shape index (κ3) is 3.57. The van der Waals surface area contributed by atoms with Crippen LogP contribution in [0, 0.1) is 10.1 Å². The van der Waals surface area contributed by atoms with Gasteiger partial charge in [-0.05, 0) is 29.7 Å². The van der Waals surface area contributed by atoms with Gasteiger partial charge in [0.25, 0.3) is 21.7 Å². The van der Waals surface area contributed by atoms with Gasteiger partial charge in [-0.2, -0.15) is 8.42 Å². The largest absolute Gasteiger partial charge is 0.506 e. The van der Waals surface area contributed by atoms with E-state index in [0.29, 0.717) is 5.39 Å². The first kappa shape index (κ1) is 18.3. The summed E-state index contributed by atoms with van der Waals surface area (Å²) in [5.74, 6) is -1.13. The van der Waals surface area contributed by atoms with Gasteiger partial charge in [-0.25, -0.2) is 0 Å². The molecule has 0 unspecified atom stereocenters. The van der Waals surface area contributed by atoms with Gasteiger partial charge in [0, 0.05) is 23.1 Å². The minimum absolute atomic E-state index is 0.0568. The highest BCUT2D eigenvalue weighted by Crippen LogP contribution is 2.36. The van der Waals surface area contributed by atoms with Crippen LogP contribution in [0.5, 0.6) is 5.75 Å². The summed E-state index contributed by atoms with van der Waals surface area (Å²) in [7, 11) is -4.62. The lowest BCUT2D eigenvalue weighted by Gasteiger charge is -2.13. The molecule has 1 amide bonds. The number of fused-ring (bicyclic) bond motifs is 1. The molecule has 138 valence electrons. The quantitative estimate of drug-likeness (QED) is 0.269. The number of nitro benzene ring substituents is 1. The molecule has 0 atom stereocenters. The van der Waals surface area contributed by atoms with E-state index >= 15 is 0 Å². The molecule has 3 rings (SSSR count). The number of carbonyl (C=O) groups excluding carboxylic acids is 1. The number of phenolic OH excluding ortho intramolecular Hbond substituents is 1. The van der Waals surface area contributed by atoms with Crippen LogP contribution in [0.15, 0.2) is 59.5 Å². The molecular formula is C17H12N2O7S. The molecule has 0 fully saturated rings. The maximum atomic E-state index is 12.4. The molecule has 0 aromatic heterocycles. The Kier molecular flexibility index (Phi) is 4.52. The molecule has 0 aliphatic carbocycles. The molecule has 0 bridgehead atoms. The van der Waals surface area contributed by atoms with Gasteiger partial charge in [-0.3, -0.25) is 19.5 Å². The van der Waals surface area contributed by atoms with Crippen molar-refractivity contribution in [3.8, 4) is 5.75 Å². The van der Waals surface area contributed by atoms with Crippen LogP contribution < -0.4 is 5.32 Å². The summed E-state index contributed by atoms with van der Waals surface area (Å²) in [5.41, 5.74) is -0.348. The fourth-order valence-electron chi connectivity index (χ4n) is 2.60. The van der Waals surface area contributed by atoms with Gasteiger partial charge in [0.15, 0.2) is 0 Å². The van der Waals surface area contributed by atoms with Crippen molar-refractivity contribution < 1.29 is 27.8 Å². The van der Waals surface area contributed by atoms with Gasteiger partial charge >= 0.3 is 0 Å². The highest BCUT2D eigenvalue weighted by molar-refractivity contribution is 7.86. The molecule has 3 aromatic rings. The van der Waals surface area contributed by atoms with E-state index in [1.807, 2.05) is 0 Å². The summed E-state index contributed by atoms with van der Waals surface area (Å²) in [6.45, 7) is 0. The van der Waals surface area contributed by atoms with Crippen LogP contribution in [0.3, 0.4) is 0 Å². The lowest BCUT2D eigenvalue weighted by Crippen LogP contribution is -2.13. The first-order chi connectivity index (χ1) is 12.7. The van der Waals surface area contributed by atoms with Crippen molar-refractivity contribution in [2.45, 2.75) is 4.90 Å². The number of phenols is 1. The molecular weight excluding hydrogens is 376 g/mol. The first-order valence-corrected chi connectivity index (χ1v) is 8.90. The van der Waals surface area contributed by atoms with Crippen molar-refractivity contribution in [2.75, 3.05) is 5.32 Å². The van der Waals surface area contributed by atoms with E-state index in [0.717, 1.165) is 18.2 Å². The van der Waals surface area contributed by atoms with Crippen LogP contribution in [-0.4, -0.2) is 28.9 Å². The zero-order chi connectivity index (χ0) is 19.8. The molecule has 0 spiro atoms. The van der Waals surface area contributed by atoms with Gasteiger partial charge in [0.2, 0.25) is 0 Å². The molecule has 0 aliphatic rings. The molecule has 0 aliphatic heterocycles. The molecule has 9 nitrogen and oxygen atoms in total. The Morgan fingerprint density at radius 2 is 1.70 bits per heavy atom. The topological polar surface area (TPSA) is 147 Å². The zero-order valence-electron chi connectivity index (χ0n) is 13.5. The Hall–Kier alpha value is -3.50. The third-order valence-corrected chi connectivity index (χ3v) is 4.74. The van der Waals surface area contributed by atoms with E-state index in [-0.39, 0.29) is 22.3 Å². The number of aromatic hydroxyl groups is 1. The number of anilines is 1. The molecule has 0 radical (unpaired) electrons. The fraction of sp³-hybridized carbons (Fsp3) is 0. The lowest BCUT2D eigenvalue weighted by atomic mass is 10.1. The first-order valence-electron chi connectivity index (χ1n) is 7.46. The van der Waals surface area contributed by atoms with Crippen LogP contribution in [0.4, 0.5) is 11.4 Å². The number of nitrogens with zero attached hydrogens (tertiary/aromatic N) is 1. The van der Waals surface area contributed by atoms with E-state index in [2.05, 4.69) is 5.32 Å². The van der Waals surface area contributed by atoms with Crippen LogP contribution in [-0.2, 0) is 10.1 Å². The molecule has 0 saturated heterocycles. The average Bonchev–Trinajstić information content (AvgIpc) is 2.62. The predicted molar refractivity (Wildman–Crippen MR) is 96.5 cm³/mol. The van der Waals surface area contributed by atoms with Crippen molar-refractivity contribution in [3.63, 3.8) is 0 Å². The Labute approximate surface area is 152 Å². The van der Waals surface area contributed by atoms with Crippen LogP contribution >= 0.6 is 0 Å². The normalized spacial score (nSPS) is 11.3. The van der Waals surface area contributed by atoms with Crippen molar-refractivity contribution in [3.05, 3.63) is 70.3 Å². The summed E-state index contributed by atoms with van der Waals surface area (Å²) in [5, 5.41) is 23.5. The minimum atomic E-state index is -4.62. The predicted octanol–water partition coefficient (Wildman–Crippen LogP) is 2.95. The maximum absolute atomic E-state index is 12.4. The van der Waals surface area contributed by atoms with Gasteiger partial charge in [-0.15, -0.1) is 0 Å². The number of hydrogen-bond acceptors (Lipinski definition) is 6. The second kappa shape index (κ2) is 6.67. The molecule has 27 heavy (non-hydrogen) atoms. The smallest absolute Gasteiger partial charge is 0.295 e. The molecule has 3 aromatic carbocycles. The van der Waals surface area contributed by atoms with Crippen molar-refractivity contribution in [1.29, 1.82) is 0 Å². The Morgan fingerprint density at radius 1 is 1.04 bits per heavy atom. The van der Waals surface area contributed by atoms with Crippen LogP contribution in [0.2, 0.25) is 0 Å². The standard InChI is InChI=1S/C17H12N2O7S/c20-13-9-6-10-2-1-3-14(27(24,25)26)15(10)16(13)18-17(21)11-4-7-12(8-5-11)19(22)23/h1-9,20H,(H,18,21)(H,24,25,26). The van der Waals surface area contributed by atoms with E-state index in [9.17, 15) is 33.0 Å². The molecule has 10 heteroatoms. The van der Waals surface area contributed by atoms with E-state index < -0.39 is 31.6 Å². The second-order valence-electron chi connectivity index (χ2n) is 5.55. The minimum Gasteiger partial charge on any atom is -0.506 e. The molecule has 0 heterocycles. The van der Waals surface area contributed by atoms with Crippen LogP contribution in [0.25, 0.3) is 10.8 Å². The Morgan fingerprint density at radius 3 is 2.30 bits per heavy atom. The number of hydrogen-bond donors (Lipinski definition) is 3. The SMILES string of the molecule is O=C(Nc1c(O)ccc2cccc(S(=O)(=O)O)c12)c1ccc([N+](=O)[O-])cc1. The maximum Gasteiger partial charge on any atom is 0.295 e. The highest BCUT2D eigenvalue weighted by Gasteiger charge is 2.20. The zero-order valence-corrected chi connectivity index (χ0v) is 14.3. The average molecular weight is 388 g/mol. The third-order valence-electron chi connectivity index (χ3n) is 3.84. The van der Waals surface area contributed by atoms with Crippen molar-refractivity contribution in [2.24, 2.45) is 0 Å². The van der Waals surface area contributed by atoms with Gasteiger partial charge in [0.1, 0.15) is 10.6 Å². The number of nitrogens with one attached hydrogen (secondary N) is 1. The number of carbonyl (C=O) groups is 1. The summed E-state index contributed by atoms with van der Waals surface area (Å²) >= 11 is 0. The van der Waals surface area contributed by atoms with E-state index in [1.165, 1.54) is 30.3 Å². The summed E-state index contributed by atoms with van der Waals surface area (Å²) in [6, 6.07) is 11.5. The number of amides is 1. The van der Waals surface area contributed by atoms with Gasteiger partial charge < -0.3 is 10.4 Å². The van der Waals surface area contributed by atoms with Crippen molar-refractivity contribution in [1.82, 2.24) is 0 Å². The lowest BCUT2D eigenvalue weighted by molar-refractivity contribution is -0.384. The second-order valence-corrected chi connectivity index (χ2v) is 6.94. The van der Waals surface area contributed by atoms with Gasteiger partial charge in [-0.1, -0.05) is 18.2 Å². The summed E-state index contributed by atoms with van der Waals surface area (Å²) in [4.78, 5) is 22.0. The Bertz CT molecular complexity index is 1170. The highest BCUT2D eigenvalue weighted by atomic mass is 32.2. The van der Waals surface area contributed by atoms with Gasteiger partial charge in [0.05, 0.1) is 10.6 Å². The number of benzene rings is 3. The van der Waals surface area contributed by atoms with E-state index in [4.69, 9.17) is 0 Å².